The average Bonchev–Trinajstić information content (AvgIpc) is 2.54. The lowest BCUT2D eigenvalue weighted by Crippen LogP contribution is -2.23. The van der Waals surface area contributed by atoms with Crippen LogP contribution in [-0.4, -0.2) is 27.2 Å². The van der Waals surface area contributed by atoms with Crippen molar-refractivity contribution in [1.29, 1.82) is 0 Å². The maximum atomic E-state index is 12.7. The van der Waals surface area contributed by atoms with Crippen molar-refractivity contribution in [2.45, 2.75) is 18.7 Å². The fraction of sp³-hybridized carbons (Fsp3) is 0.188. The number of esters is 1. The molecule has 1 aromatic carbocycles. The third kappa shape index (κ3) is 4.17. The van der Waals surface area contributed by atoms with Gasteiger partial charge in [-0.2, -0.15) is 13.2 Å². The zero-order valence-electron chi connectivity index (χ0n) is 12.3. The van der Waals surface area contributed by atoms with Gasteiger partial charge in [0, 0.05) is 5.56 Å². The summed E-state index contributed by atoms with van der Waals surface area (Å²) >= 11 is 0. The van der Waals surface area contributed by atoms with Crippen molar-refractivity contribution in [3.8, 4) is 17.0 Å². The molecule has 0 aliphatic carbocycles. The standard InChI is InChI=1S/C16H13F3N2O3/c1-2-6-12(22)24-11-9-20-15(14(23)16(17,18)19)21-13(11)10-7-4-3-5-8-10/h2-5,7-9,14,23H,1,6H2. The molecular weight excluding hydrogens is 325 g/mol. The number of ether oxygens (including phenoxy) is 1. The Balaban J connectivity index is 2.48. The van der Waals surface area contributed by atoms with E-state index in [1.165, 1.54) is 6.08 Å². The maximum absolute atomic E-state index is 12.7. The molecule has 1 heterocycles. The molecular formula is C16H13F3N2O3. The van der Waals surface area contributed by atoms with Crippen LogP contribution in [0.25, 0.3) is 11.3 Å². The summed E-state index contributed by atoms with van der Waals surface area (Å²) in [4.78, 5) is 18.8. The Morgan fingerprint density at radius 3 is 2.58 bits per heavy atom. The van der Waals surface area contributed by atoms with Gasteiger partial charge in [0.1, 0.15) is 5.69 Å². The number of carbonyl (C=O) groups excluding carboxylic acids is 1. The first-order chi connectivity index (χ1) is 11.3. The minimum absolute atomic E-state index is 0.0266. The molecule has 2 aromatic rings. The summed E-state index contributed by atoms with van der Waals surface area (Å²) in [7, 11) is 0. The van der Waals surface area contributed by atoms with Gasteiger partial charge in [0.25, 0.3) is 0 Å². The number of aromatic nitrogens is 2. The van der Waals surface area contributed by atoms with Crippen molar-refractivity contribution in [2.75, 3.05) is 0 Å². The van der Waals surface area contributed by atoms with Crippen LogP contribution >= 0.6 is 0 Å². The van der Waals surface area contributed by atoms with E-state index in [2.05, 4.69) is 16.5 Å². The zero-order chi connectivity index (χ0) is 17.7. The molecule has 1 N–H and O–H groups in total. The predicted molar refractivity (Wildman–Crippen MR) is 78.9 cm³/mol. The number of aliphatic hydroxyl groups is 1. The van der Waals surface area contributed by atoms with E-state index in [1.54, 1.807) is 30.3 Å². The first-order valence-electron chi connectivity index (χ1n) is 6.81. The highest BCUT2D eigenvalue weighted by molar-refractivity contribution is 5.77. The van der Waals surface area contributed by atoms with Gasteiger partial charge in [0.15, 0.2) is 11.6 Å². The molecule has 0 saturated heterocycles. The van der Waals surface area contributed by atoms with Crippen LogP contribution in [0, 0.1) is 0 Å². The zero-order valence-corrected chi connectivity index (χ0v) is 12.3. The molecule has 5 nitrogen and oxygen atoms in total. The number of alkyl halides is 3. The van der Waals surface area contributed by atoms with Gasteiger partial charge < -0.3 is 9.84 Å². The number of benzene rings is 1. The Kier molecular flexibility index (Phi) is 5.30. The fourth-order valence-electron chi connectivity index (χ4n) is 1.82. The molecule has 0 aliphatic rings. The molecule has 0 radical (unpaired) electrons. The monoisotopic (exact) mass is 338 g/mol. The van der Waals surface area contributed by atoms with Crippen LogP contribution in [0.5, 0.6) is 5.75 Å². The van der Waals surface area contributed by atoms with E-state index in [0.717, 1.165) is 6.20 Å². The van der Waals surface area contributed by atoms with Crippen LogP contribution in [0.2, 0.25) is 0 Å². The van der Waals surface area contributed by atoms with E-state index in [9.17, 15) is 23.1 Å². The summed E-state index contributed by atoms with van der Waals surface area (Å²) in [5, 5.41) is 9.31. The summed E-state index contributed by atoms with van der Waals surface area (Å²) in [5.74, 6) is -1.59. The number of halogens is 3. The van der Waals surface area contributed by atoms with Gasteiger partial charge in [0.2, 0.25) is 6.10 Å². The lowest BCUT2D eigenvalue weighted by Gasteiger charge is -2.15. The van der Waals surface area contributed by atoms with Gasteiger partial charge in [-0.3, -0.25) is 4.79 Å². The van der Waals surface area contributed by atoms with Crippen molar-refractivity contribution < 1.29 is 27.8 Å². The summed E-state index contributed by atoms with van der Waals surface area (Å²) in [5.41, 5.74) is 0.387. The van der Waals surface area contributed by atoms with Crippen LogP contribution in [0.1, 0.15) is 18.3 Å². The third-order valence-electron chi connectivity index (χ3n) is 2.91. The number of hydrogen-bond acceptors (Lipinski definition) is 5. The Labute approximate surface area is 135 Å². The topological polar surface area (TPSA) is 72.3 Å². The van der Waals surface area contributed by atoms with Gasteiger partial charge in [-0.25, -0.2) is 9.97 Å². The molecule has 24 heavy (non-hydrogen) atoms. The number of carbonyl (C=O) groups is 1. The lowest BCUT2D eigenvalue weighted by atomic mass is 10.1. The lowest BCUT2D eigenvalue weighted by molar-refractivity contribution is -0.209. The van der Waals surface area contributed by atoms with Crippen LogP contribution < -0.4 is 4.74 Å². The minimum atomic E-state index is -4.91. The van der Waals surface area contributed by atoms with E-state index in [1.807, 2.05) is 0 Å². The van der Waals surface area contributed by atoms with Crippen molar-refractivity contribution >= 4 is 5.97 Å². The number of rotatable bonds is 5. The molecule has 1 unspecified atom stereocenters. The van der Waals surface area contributed by atoms with Gasteiger partial charge in [-0.05, 0) is 0 Å². The van der Waals surface area contributed by atoms with Gasteiger partial charge in [-0.1, -0.05) is 36.4 Å². The predicted octanol–water partition coefficient (Wildman–Crippen LogP) is 3.22. The summed E-state index contributed by atoms with van der Waals surface area (Å²) < 4.78 is 43.0. The quantitative estimate of drug-likeness (QED) is 0.669. The van der Waals surface area contributed by atoms with E-state index in [-0.39, 0.29) is 17.9 Å². The van der Waals surface area contributed by atoms with Gasteiger partial charge in [0.05, 0.1) is 12.6 Å². The Morgan fingerprint density at radius 2 is 2.00 bits per heavy atom. The van der Waals surface area contributed by atoms with Gasteiger partial charge in [-0.15, -0.1) is 6.58 Å². The van der Waals surface area contributed by atoms with Crippen LogP contribution in [0.3, 0.4) is 0 Å². The molecule has 0 bridgehead atoms. The number of aliphatic hydroxyl groups excluding tert-OH is 1. The van der Waals surface area contributed by atoms with E-state index >= 15 is 0 Å². The highest BCUT2D eigenvalue weighted by Crippen LogP contribution is 2.34. The molecule has 1 atom stereocenters. The normalized spacial score (nSPS) is 12.5. The number of nitrogens with zero attached hydrogens (tertiary/aromatic N) is 2. The molecule has 2 rings (SSSR count). The Hall–Kier alpha value is -2.74. The minimum Gasteiger partial charge on any atom is -0.422 e. The third-order valence-corrected chi connectivity index (χ3v) is 2.91. The highest BCUT2D eigenvalue weighted by atomic mass is 19.4. The maximum Gasteiger partial charge on any atom is 0.421 e. The first-order valence-corrected chi connectivity index (χ1v) is 6.81. The second-order valence-corrected chi connectivity index (χ2v) is 4.72. The SMILES string of the molecule is C=CCC(=O)Oc1cnc(C(O)C(F)(F)F)nc1-c1ccccc1. The molecule has 0 fully saturated rings. The molecule has 126 valence electrons. The summed E-state index contributed by atoms with van der Waals surface area (Å²) in [6.45, 7) is 3.40. The van der Waals surface area contributed by atoms with Crippen LogP contribution in [0.4, 0.5) is 13.2 Å². The van der Waals surface area contributed by atoms with Crippen molar-refractivity contribution in [3.63, 3.8) is 0 Å². The Bertz CT molecular complexity index is 733. The smallest absolute Gasteiger partial charge is 0.421 e. The second-order valence-electron chi connectivity index (χ2n) is 4.72. The highest BCUT2D eigenvalue weighted by Gasteiger charge is 2.41. The molecule has 0 saturated carbocycles. The van der Waals surface area contributed by atoms with E-state index < -0.39 is 24.1 Å². The fourth-order valence-corrected chi connectivity index (χ4v) is 1.82. The summed E-state index contributed by atoms with van der Waals surface area (Å²) in [6, 6.07) is 8.16. The average molecular weight is 338 g/mol. The molecule has 0 amide bonds. The Morgan fingerprint density at radius 1 is 1.33 bits per heavy atom. The van der Waals surface area contributed by atoms with Crippen LogP contribution in [-0.2, 0) is 4.79 Å². The molecule has 1 aromatic heterocycles. The molecule has 8 heteroatoms. The first kappa shape index (κ1) is 17.6. The van der Waals surface area contributed by atoms with Crippen molar-refractivity contribution in [1.82, 2.24) is 9.97 Å². The summed E-state index contributed by atoms with van der Waals surface area (Å²) in [6.07, 6.45) is -5.57. The second kappa shape index (κ2) is 7.22. The largest absolute Gasteiger partial charge is 0.422 e. The molecule has 0 spiro atoms. The number of hydrogen-bond donors (Lipinski definition) is 1. The van der Waals surface area contributed by atoms with Gasteiger partial charge >= 0.3 is 12.1 Å². The molecule has 0 aliphatic heterocycles. The van der Waals surface area contributed by atoms with E-state index in [0.29, 0.717) is 5.56 Å². The van der Waals surface area contributed by atoms with Crippen LogP contribution in [0.15, 0.2) is 49.2 Å². The van der Waals surface area contributed by atoms with E-state index in [4.69, 9.17) is 4.74 Å². The van der Waals surface area contributed by atoms with Crippen molar-refractivity contribution in [3.05, 3.63) is 55.0 Å². The van der Waals surface area contributed by atoms with Crippen molar-refractivity contribution in [2.24, 2.45) is 0 Å².